The molecular formula is C3H8NS. The van der Waals surface area contributed by atoms with E-state index in [1.54, 1.807) is 19.0 Å². The van der Waals surface area contributed by atoms with Crippen molar-refractivity contribution < 1.29 is 0 Å². The molecule has 0 aromatic heterocycles. The Morgan fingerprint density at radius 2 is 2.40 bits per heavy atom. The normalized spacial score (nSPS) is 8.40. The minimum absolute atomic E-state index is 1.09. The van der Waals surface area contributed by atoms with Gasteiger partial charge in [0.2, 0.25) is 0 Å². The molecule has 2 heteroatoms. The number of hydrogen-bond acceptors (Lipinski definition) is 1. The van der Waals surface area contributed by atoms with Gasteiger partial charge in [0.05, 0.1) is 0 Å². The first-order valence-electron chi connectivity index (χ1n) is 1.63. The Bertz CT molecular complexity index is 14.4. The minimum Gasteiger partial charge on any atom is -0.179 e. The zero-order valence-corrected chi connectivity index (χ0v) is 4.38. The summed E-state index contributed by atoms with van der Waals surface area (Å²) in [6.45, 7) is 2.08. The van der Waals surface area contributed by atoms with E-state index in [2.05, 4.69) is 11.6 Å². The Labute approximate surface area is 37.3 Å². The molecule has 0 unspecified atom stereocenters. The van der Waals surface area contributed by atoms with Gasteiger partial charge in [0.15, 0.2) is 0 Å². The van der Waals surface area contributed by atoms with Crippen molar-refractivity contribution in [2.75, 3.05) is 12.8 Å². The molecule has 31 valence electrons. The molecule has 0 rings (SSSR count). The van der Waals surface area contributed by atoms with Gasteiger partial charge in [-0.2, -0.15) is 4.72 Å². The molecule has 0 aliphatic heterocycles. The maximum atomic E-state index is 3.77. The van der Waals surface area contributed by atoms with Crippen molar-refractivity contribution in [3.8, 4) is 0 Å². The van der Waals surface area contributed by atoms with Crippen LogP contribution in [0.25, 0.3) is 0 Å². The monoisotopic (exact) mass is 90.0 g/mol. The zero-order valence-electron chi connectivity index (χ0n) is 3.56. The first-order valence-corrected chi connectivity index (χ1v) is 2.57. The highest BCUT2D eigenvalue weighted by molar-refractivity contribution is 7.97. The van der Waals surface area contributed by atoms with Crippen LogP contribution in [0.2, 0.25) is 0 Å². The van der Waals surface area contributed by atoms with Crippen LogP contribution >= 0.6 is 11.9 Å². The molecular weight excluding hydrogens is 82.1 g/mol. The Balaban J connectivity index is 2.19. The van der Waals surface area contributed by atoms with Gasteiger partial charge in [0, 0.05) is 12.8 Å². The second-order valence-corrected chi connectivity index (χ2v) is 1.80. The van der Waals surface area contributed by atoms with Crippen LogP contribution < -0.4 is 4.72 Å². The zero-order chi connectivity index (χ0) is 4.12. The van der Waals surface area contributed by atoms with Crippen molar-refractivity contribution in [2.45, 2.75) is 6.92 Å². The molecule has 1 radical (unpaired) electrons. The van der Waals surface area contributed by atoms with Crippen molar-refractivity contribution in [2.24, 2.45) is 0 Å². The van der Waals surface area contributed by atoms with Gasteiger partial charge >= 0.3 is 0 Å². The van der Waals surface area contributed by atoms with E-state index in [1.165, 1.54) is 0 Å². The predicted octanol–water partition coefficient (Wildman–Crippen LogP) is 0.889. The largest absolute Gasteiger partial charge is 0.179 e. The third kappa shape index (κ3) is 4.31. The van der Waals surface area contributed by atoms with E-state index in [4.69, 9.17) is 0 Å². The minimum atomic E-state index is 1.09. The standard InChI is InChI=1S/C3H8NS/c1-3-5-4-2/h3H2,1-2H3. The smallest absolute Gasteiger partial charge is 0.0142 e. The van der Waals surface area contributed by atoms with Gasteiger partial charge in [-0.05, 0) is 0 Å². The van der Waals surface area contributed by atoms with E-state index in [1.807, 2.05) is 0 Å². The van der Waals surface area contributed by atoms with E-state index < -0.39 is 0 Å². The molecule has 0 aromatic carbocycles. The van der Waals surface area contributed by atoms with Gasteiger partial charge in [-0.15, -0.1) is 0 Å². The Morgan fingerprint density at radius 1 is 1.80 bits per heavy atom. The van der Waals surface area contributed by atoms with E-state index in [9.17, 15) is 0 Å². The van der Waals surface area contributed by atoms with E-state index in [0.29, 0.717) is 0 Å². The molecule has 0 saturated carbocycles. The average molecular weight is 90.2 g/mol. The summed E-state index contributed by atoms with van der Waals surface area (Å²) < 4.78 is 3.77. The SMILES string of the molecule is CCS[N]C. The summed E-state index contributed by atoms with van der Waals surface area (Å²) in [6, 6.07) is 0. The van der Waals surface area contributed by atoms with Crippen LogP contribution in [0.1, 0.15) is 6.92 Å². The van der Waals surface area contributed by atoms with Gasteiger partial charge in [-0.25, -0.2) is 0 Å². The van der Waals surface area contributed by atoms with Crippen LogP contribution in [0, 0.1) is 0 Å². The van der Waals surface area contributed by atoms with Crippen LogP contribution in [-0.4, -0.2) is 12.8 Å². The molecule has 0 heterocycles. The first-order chi connectivity index (χ1) is 2.41. The van der Waals surface area contributed by atoms with Crippen molar-refractivity contribution in [3.63, 3.8) is 0 Å². The predicted molar refractivity (Wildman–Crippen MR) is 26.2 cm³/mol. The van der Waals surface area contributed by atoms with Crippen LogP contribution in [-0.2, 0) is 0 Å². The summed E-state index contributed by atoms with van der Waals surface area (Å²) in [5, 5.41) is 0. The van der Waals surface area contributed by atoms with Crippen molar-refractivity contribution >= 4 is 11.9 Å². The third-order valence-corrected chi connectivity index (χ3v) is 0.775. The first kappa shape index (κ1) is 5.31. The second kappa shape index (κ2) is 4.31. The fourth-order valence-corrected chi connectivity index (χ4v) is 0.387. The lowest BCUT2D eigenvalue weighted by atomic mass is 11.0. The number of nitrogens with zero attached hydrogens (tertiary/aromatic N) is 1. The molecule has 0 N–H and O–H groups in total. The Hall–Kier alpha value is 0.310. The van der Waals surface area contributed by atoms with E-state index in [0.717, 1.165) is 5.75 Å². The molecule has 0 bridgehead atoms. The second-order valence-electron chi connectivity index (χ2n) is 0.600. The molecule has 1 nitrogen and oxygen atoms in total. The van der Waals surface area contributed by atoms with Crippen molar-refractivity contribution in [3.05, 3.63) is 0 Å². The number of rotatable bonds is 2. The molecule has 0 atom stereocenters. The van der Waals surface area contributed by atoms with Crippen LogP contribution in [0.15, 0.2) is 0 Å². The molecule has 0 spiro atoms. The van der Waals surface area contributed by atoms with Gasteiger partial charge in [0.25, 0.3) is 0 Å². The lowest BCUT2D eigenvalue weighted by Crippen LogP contribution is -1.78. The summed E-state index contributed by atoms with van der Waals surface area (Å²) in [7, 11) is 1.80. The quantitative estimate of drug-likeness (QED) is 0.459. The number of hydrogen-bond donors (Lipinski definition) is 0. The van der Waals surface area contributed by atoms with Crippen LogP contribution in [0.5, 0.6) is 0 Å². The van der Waals surface area contributed by atoms with Crippen LogP contribution in [0.4, 0.5) is 0 Å². The Kier molecular flexibility index (Phi) is 4.58. The summed E-state index contributed by atoms with van der Waals surface area (Å²) in [5.74, 6) is 1.09. The molecule has 0 fully saturated rings. The Morgan fingerprint density at radius 3 is 2.40 bits per heavy atom. The summed E-state index contributed by atoms with van der Waals surface area (Å²) in [4.78, 5) is 0. The average Bonchev–Trinajstić information content (AvgIpc) is 1.41. The summed E-state index contributed by atoms with van der Waals surface area (Å²) in [5.41, 5.74) is 0. The molecule has 0 aromatic rings. The van der Waals surface area contributed by atoms with E-state index >= 15 is 0 Å². The lowest BCUT2D eigenvalue weighted by molar-refractivity contribution is 1.26. The highest BCUT2D eigenvalue weighted by Gasteiger charge is 1.67. The molecule has 0 saturated heterocycles. The summed E-state index contributed by atoms with van der Waals surface area (Å²) >= 11 is 1.59. The van der Waals surface area contributed by atoms with Crippen molar-refractivity contribution in [1.29, 1.82) is 0 Å². The van der Waals surface area contributed by atoms with Gasteiger partial charge in [0.1, 0.15) is 0 Å². The fourth-order valence-electron chi connectivity index (χ4n) is 0.129. The maximum Gasteiger partial charge on any atom is 0.0142 e. The van der Waals surface area contributed by atoms with Crippen molar-refractivity contribution in [1.82, 2.24) is 4.72 Å². The highest BCUT2D eigenvalue weighted by atomic mass is 32.2. The molecule has 0 amide bonds. The van der Waals surface area contributed by atoms with Gasteiger partial charge in [-0.3, -0.25) is 0 Å². The molecule has 0 aliphatic carbocycles. The van der Waals surface area contributed by atoms with Gasteiger partial charge < -0.3 is 0 Å². The van der Waals surface area contributed by atoms with Gasteiger partial charge in [-0.1, -0.05) is 18.9 Å². The maximum absolute atomic E-state index is 3.77. The highest BCUT2D eigenvalue weighted by Crippen LogP contribution is 1.86. The summed E-state index contributed by atoms with van der Waals surface area (Å²) in [6.07, 6.45) is 0. The van der Waals surface area contributed by atoms with E-state index in [-0.39, 0.29) is 0 Å². The lowest BCUT2D eigenvalue weighted by Gasteiger charge is -1.80. The topological polar surface area (TPSA) is 14.1 Å². The molecule has 5 heavy (non-hydrogen) atoms. The fraction of sp³-hybridized carbons (Fsp3) is 1.00. The van der Waals surface area contributed by atoms with Crippen LogP contribution in [0.3, 0.4) is 0 Å². The molecule has 0 aliphatic rings. The third-order valence-electron chi connectivity index (χ3n) is 0.258.